The van der Waals surface area contributed by atoms with Gasteiger partial charge >= 0.3 is 5.97 Å². The molecule has 9 unspecified atom stereocenters. The van der Waals surface area contributed by atoms with Gasteiger partial charge in [-0.1, -0.05) is 20.8 Å². The van der Waals surface area contributed by atoms with Crippen LogP contribution in [0.5, 0.6) is 0 Å². The Bertz CT molecular complexity index is 687. The fourth-order valence-electron chi connectivity index (χ4n) is 9.45. The van der Waals surface area contributed by atoms with E-state index in [0.717, 1.165) is 36.0 Å². The summed E-state index contributed by atoms with van der Waals surface area (Å²) >= 11 is 0. The fourth-order valence-corrected chi connectivity index (χ4v) is 10.7. The van der Waals surface area contributed by atoms with Gasteiger partial charge in [-0.3, -0.25) is 4.79 Å². The molecule has 9 atom stereocenters. The maximum atomic E-state index is 11.7. The van der Waals surface area contributed by atoms with E-state index in [1.165, 1.54) is 64.9 Å². The van der Waals surface area contributed by atoms with Crippen molar-refractivity contribution in [2.24, 2.45) is 46.3 Å². The summed E-state index contributed by atoms with van der Waals surface area (Å²) in [6, 6.07) is 0. The molecule has 3 nitrogen and oxygen atoms in total. The highest BCUT2D eigenvalue weighted by molar-refractivity contribution is 6.69. The van der Waals surface area contributed by atoms with Gasteiger partial charge in [0.2, 0.25) is 0 Å². The maximum absolute atomic E-state index is 11.7. The van der Waals surface area contributed by atoms with Gasteiger partial charge in [0.1, 0.15) is 0 Å². The summed E-state index contributed by atoms with van der Waals surface area (Å²) in [5, 5.41) is 0. The van der Waals surface area contributed by atoms with Gasteiger partial charge in [-0.25, -0.2) is 0 Å². The van der Waals surface area contributed by atoms with Crippen LogP contribution in [0, 0.1) is 46.3 Å². The summed E-state index contributed by atoms with van der Waals surface area (Å²) < 4.78 is 11.5. The first kappa shape index (κ1) is 24.8. The number of hydrogen-bond acceptors (Lipinski definition) is 3. The molecule has 4 fully saturated rings. The first-order valence-electron chi connectivity index (χ1n) is 13.7. The summed E-state index contributed by atoms with van der Waals surface area (Å²) in [4.78, 5) is 11.7. The molecule has 32 heavy (non-hydrogen) atoms. The van der Waals surface area contributed by atoms with Gasteiger partial charge in [0.25, 0.3) is 0 Å². The van der Waals surface area contributed by atoms with Gasteiger partial charge in [-0.05, 0) is 130 Å². The molecule has 0 aliphatic heterocycles. The Balaban J connectivity index is 1.44. The van der Waals surface area contributed by atoms with E-state index in [2.05, 4.69) is 40.4 Å². The highest BCUT2D eigenvalue weighted by atomic mass is 28.4. The van der Waals surface area contributed by atoms with E-state index in [0.29, 0.717) is 29.3 Å². The standard InChI is InChI=1S/C28H50O3Si/c1-19(8-13-26(29)30-4)23-11-12-24-22-10-9-20-18-21(31-32(5,6)7)14-16-27(20,2)25(22)15-17-28(23,24)3/h19-25H,8-18H2,1-7H3. The minimum Gasteiger partial charge on any atom is -0.469 e. The molecule has 4 saturated carbocycles. The summed E-state index contributed by atoms with van der Waals surface area (Å²) in [5.41, 5.74) is 1.02. The normalized spacial score (nSPS) is 44.8. The smallest absolute Gasteiger partial charge is 0.305 e. The van der Waals surface area contributed by atoms with Crippen LogP contribution in [0.3, 0.4) is 0 Å². The molecule has 0 aromatic carbocycles. The molecule has 184 valence electrons. The molecule has 0 radical (unpaired) electrons. The van der Waals surface area contributed by atoms with Crippen molar-refractivity contribution in [2.75, 3.05) is 7.11 Å². The van der Waals surface area contributed by atoms with Gasteiger partial charge in [0.05, 0.1) is 7.11 Å². The average molecular weight is 463 g/mol. The van der Waals surface area contributed by atoms with Crippen LogP contribution in [0.1, 0.15) is 91.4 Å². The third-order valence-corrected chi connectivity index (χ3v) is 12.0. The number of carbonyl (C=O) groups is 1. The van der Waals surface area contributed by atoms with Crippen molar-refractivity contribution in [1.29, 1.82) is 0 Å². The topological polar surface area (TPSA) is 35.5 Å². The number of methoxy groups -OCH3 is 1. The summed E-state index contributed by atoms with van der Waals surface area (Å²) in [6.45, 7) is 14.8. The molecule has 4 rings (SSSR count). The van der Waals surface area contributed by atoms with Crippen LogP contribution < -0.4 is 0 Å². The molecule has 0 N–H and O–H groups in total. The first-order valence-corrected chi connectivity index (χ1v) is 17.1. The Morgan fingerprint density at radius 1 is 0.969 bits per heavy atom. The highest BCUT2D eigenvalue weighted by Crippen LogP contribution is 2.68. The molecule has 4 aliphatic carbocycles. The van der Waals surface area contributed by atoms with Gasteiger partial charge in [-0.15, -0.1) is 0 Å². The number of hydrogen-bond donors (Lipinski definition) is 0. The third-order valence-electron chi connectivity index (χ3n) is 10.9. The van der Waals surface area contributed by atoms with Crippen molar-refractivity contribution in [3.63, 3.8) is 0 Å². The third kappa shape index (κ3) is 4.49. The molecule has 0 amide bonds. The lowest BCUT2D eigenvalue weighted by molar-refractivity contribution is -0.141. The largest absolute Gasteiger partial charge is 0.469 e. The average Bonchev–Trinajstić information content (AvgIpc) is 3.08. The van der Waals surface area contributed by atoms with Crippen LogP contribution in [-0.2, 0) is 14.0 Å². The van der Waals surface area contributed by atoms with Crippen LogP contribution >= 0.6 is 0 Å². The van der Waals surface area contributed by atoms with E-state index in [1.807, 2.05) is 0 Å². The second kappa shape index (κ2) is 9.02. The minimum atomic E-state index is -1.45. The Hall–Kier alpha value is -0.353. The SMILES string of the molecule is COC(=O)CCC(C)C1CCC2C3CCC4CC(O[Si](C)(C)C)CCC4(C)C3CCC12C. The van der Waals surface area contributed by atoms with Crippen molar-refractivity contribution in [3.8, 4) is 0 Å². The van der Waals surface area contributed by atoms with Crippen LogP contribution in [0.4, 0.5) is 0 Å². The predicted octanol–water partition coefficient (Wildman–Crippen LogP) is 7.45. The predicted molar refractivity (Wildman–Crippen MR) is 134 cm³/mol. The second-order valence-electron chi connectivity index (χ2n) is 13.6. The van der Waals surface area contributed by atoms with Crippen LogP contribution in [0.2, 0.25) is 19.6 Å². The number of fused-ring (bicyclic) bond motifs is 5. The molecule has 0 aromatic rings. The van der Waals surface area contributed by atoms with E-state index >= 15 is 0 Å². The van der Waals surface area contributed by atoms with Crippen molar-refractivity contribution in [2.45, 2.75) is 117 Å². The van der Waals surface area contributed by atoms with Crippen LogP contribution in [0.15, 0.2) is 0 Å². The second-order valence-corrected chi connectivity index (χ2v) is 18.1. The molecular weight excluding hydrogens is 412 g/mol. The van der Waals surface area contributed by atoms with Gasteiger partial charge in [0.15, 0.2) is 8.32 Å². The number of rotatable bonds is 6. The number of carbonyl (C=O) groups excluding carboxylic acids is 1. The van der Waals surface area contributed by atoms with Crippen molar-refractivity contribution < 1.29 is 14.0 Å². The molecule has 0 heterocycles. The van der Waals surface area contributed by atoms with E-state index in [4.69, 9.17) is 9.16 Å². The van der Waals surface area contributed by atoms with Crippen LogP contribution in [-0.4, -0.2) is 27.5 Å². The highest BCUT2D eigenvalue weighted by Gasteiger charge is 2.60. The lowest BCUT2D eigenvalue weighted by atomic mass is 9.44. The van der Waals surface area contributed by atoms with E-state index in [-0.39, 0.29) is 5.97 Å². The molecule has 0 saturated heterocycles. The van der Waals surface area contributed by atoms with Gasteiger partial charge < -0.3 is 9.16 Å². The van der Waals surface area contributed by atoms with Gasteiger partial charge in [0, 0.05) is 12.5 Å². The lowest BCUT2D eigenvalue weighted by Crippen LogP contribution is -2.54. The van der Waals surface area contributed by atoms with Gasteiger partial charge in [-0.2, -0.15) is 0 Å². The maximum Gasteiger partial charge on any atom is 0.305 e. The van der Waals surface area contributed by atoms with E-state index in [1.54, 1.807) is 0 Å². The molecule has 4 aliphatic rings. The Labute approximate surface area is 198 Å². The molecular formula is C28H50O3Si. The monoisotopic (exact) mass is 462 g/mol. The minimum absolute atomic E-state index is 0.0415. The Morgan fingerprint density at radius 2 is 1.66 bits per heavy atom. The quantitative estimate of drug-likeness (QED) is 0.303. The van der Waals surface area contributed by atoms with E-state index in [9.17, 15) is 4.79 Å². The summed E-state index contributed by atoms with van der Waals surface area (Å²) in [5.74, 6) is 5.00. The first-order chi connectivity index (χ1) is 15.0. The zero-order valence-electron chi connectivity index (χ0n) is 22.0. The number of ether oxygens (including phenoxy) is 1. The lowest BCUT2D eigenvalue weighted by Gasteiger charge is -2.61. The molecule has 0 spiro atoms. The Morgan fingerprint density at radius 3 is 2.34 bits per heavy atom. The van der Waals surface area contributed by atoms with Crippen molar-refractivity contribution >= 4 is 14.3 Å². The number of esters is 1. The summed E-state index contributed by atoms with van der Waals surface area (Å²) in [7, 11) is 0.0649. The van der Waals surface area contributed by atoms with E-state index < -0.39 is 8.32 Å². The van der Waals surface area contributed by atoms with Crippen LogP contribution in [0.25, 0.3) is 0 Å². The zero-order chi connectivity index (χ0) is 23.3. The fraction of sp³-hybridized carbons (Fsp3) is 0.964. The Kier molecular flexibility index (Phi) is 6.98. The molecule has 4 heteroatoms. The van der Waals surface area contributed by atoms with Crippen molar-refractivity contribution in [1.82, 2.24) is 0 Å². The zero-order valence-corrected chi connectivity index (χ0v) is 23.0. The molecule has 0 bridgehead atoms. The molecule has 0 aromatic heterocycles. The van der Waals surface area contributed by atoms with Crippen molar-refractivity contribution in [3.05, 3.63) is 0 Å². The summed E-state index contributed by atoms with van der Waals surface area (Å²) in [6.07, 6.45) is 14.6.